The molecule has 3 nitrogen and oxygen atoms in total. The summed E-state index contributed by atoms with van der Waals surface area (Å²) in [6.07, 6.45) is 0. The minimum atomic E-state index is -0.596. The van der Waals surface area contributed by atoms with E-state index < -0.39 is 11.6 Å². The summed E-state index contributed by atoms with van der Waals surface area (Å²) in [5.41, 5.74) is 6.91. The van der Waals surface area contributed by atoms with E-state index in [0.29, 0.717) is 25.3 Å². The molecule has 0 saturated heterocycles. The molecule has 0 spiro atoms. The lowest BCUT2D eigenvalue weighted by Crippen LogP contribution is -2.31. The number of nitrogens with two attached hydrogens (primary N) is 1. The Kier molecular flexibility index (Phi) is 6.62. The molecule has 19 heavy (non-hydrogen) atoms. The Morgan fingerprint density at radius 2 is 2.21 bits per heavy atom. The lowest BCUT2D eigenvalue weighted by Gasteiger charge is -2.18. The van der Waals surface area contributed by atoms with Gasteiger partial charge in [-0.25, -0.2) is 8.78 Å². The molecule has 0 bridgehead atoms. The zero-order chi connectivity index (χ0) is 14.3. The maximum Gasteiger partial charge on any atom is 0.130 e. The van der Waals surface area contributed by atoms with E-state index in [2.05, 4.69) is 11.9 Å². The molecule has 0 aliphatic carbocycles. The van der Waals surface area contributed by atoms with Crippen molar-refractivity contribution in [3.05, 3.63) is 47.5 Å². The molecule has 0 aromatic heterocycles. The zero-order valence-corrected chi connectivity index (χ0v) is 11.1. The van der Waals surface area contributed by atoms with Crippen LogP contribution in [0.4, 0.5) is 8.78 Å². The van der Waals surface area contributed by atoms with Crippen molar-refractivity contribution in [2.75, 3.05) is 26.3 Å². The highest BCUT2D eigenvalue weighted by Crippen LogP contribution is 2.17. The highest BCUT2D eigenvalue weighted by Gasteiger charge is 2.14. The topological polar surface area (TPSA) is 47.3 Å². The first kappa shape index (κ1) is 15.8. The molecule has 0 fully saturated rings. The Morgan fingerprint density at radius 3 is 2.79 bits per heavy atom. The third-order valence-electron chi connectivity index (χ3n) is 2.56. The number of hydrogen-bond donors (Lipinski definition) is 2. The number of rotatable bonds is 8. The Labute approximate surface area is 112 Å². The Hall–Kier alpha value is -1.30. The molecule has 1 rings (SSSR count). The summed E-state index contributed by atoms with van der Waals surface area (Å²) in [7, 11) is 0. The molecule has 0 aliphatic heterocycles. The highest BCUT2D eigenvalue weighted by atomic mass is 19.1. The van der Waals surface area contributed by atoms with Crippen molar-refractivity contribution in [1.29, 1.82) is 0 Å². The SMILES string of the molecule is C=C(C)COCCNC(CN)c1ccc(F)cc1F. The van der Waals surface area contributed by atoms with Crippen molar-refractivity contribution < 1.29 is 13.5 Å². The predicted molar refractivity (Wildman–Crippen MR) is 71.8 cm³/mol. The van der Waals surface area contributed by atoms with Gasteiger partial charge in [0.1, 0.15) is 11.6 Å². The summed E-state index contributed by atoms with van der Waals surface area (Å²) < 4.78 is 31.7. The molecule has 0 amide bonds. The van der Waals surface area contributed by atoms with Gasteiger partial charge < -0.3 is 15.8 Å². The number of benzene rings is 1. The standard InChI is InChI=1S/C14H20F2N2O/c1-10(2)9-19-6-5-18-14(8-17)12-4-3-11(15)7-13(12)16/h3-4,7,14,18H,1,5-6,8-9,17H2,2H3. The van der Waals surface area contributed by atoms with E-state index in [0.717, 1.165) is 11.6 Å². The van der Waals surface area contributed by atoms with Crippen LogP contribution in [0.2, 0.25) is 0 Å². The summed E-state index contributed by atoms with van der Waals surface area (Å²) in [5, 5.41) is 3.08. The fourth-order valence-corrected chi connectivity index (χ4v) is 1.66. The van der Waals surface area contributed by atoms with Crippen molar-refractivity contribution in [1.82, 2.24) is 5.32 Å². The van der Waals surface area contributed by atoms with E-state index in [1.807, 2.05) is 6.92 Å². The normalized spacial score (nSPS) is 12.4. The molecule has 1 unspecified atom stereocenters. The van der Waals surface area contributed by atoms with Crippen molar-refractivity contribution in [3.63, 3.8) is 0 Å². The van der Waals surface area contributed by atoms with Crippen LogP contribution in [0.15, 0.2) is 30.4 Å². The number of nitrogens with one attached hydrogen (secondary N) is 1. The maximum absolute atomic E-state index is 13.6. The smallest absolute Gasteiger partial charge is 0.130 e. The molecule has 1 atom stereocenters. The van der Waals surface area contributed by atoms with Gasteiger partial charge in [0.05, 0.1) is 13.2 Å². The molecule has 0 radical (unpaired) electrons. The van der Waals surface area contributed by atoms with Gasteiger partial charge in [-0.15, -0.1) is 0 Å². The molecule has 1 aromatic carbocycles. The second-order valence-electron chi connectivity index (χ2n) is 4.42. The quantitative estimate of drug-likeness (QED) is 0.562. The minimum absolute atomic E-state index is 0.225. The third-order valence-corrected chi connectivity index (χ3v) is 2.56. The first-order valence-corrected chi connectivity index (χ1v) is 6.15. The lowest BCUT2D eigenvalue weighted by atomic mass is 10.1. The number of ether oxygens (including phenoxy) is 1. The summed E-state index contributed by atoms with van der Waals surface area (Å²) in [6, 6.07) is 3.13. The monoisotopic (exact) mass is 270 g/mol. The summed E-state index contributed by atoms with van der Waals surface area (Å²) >= 11 is 0. The Morgan fingerprint density at radius 1 is 1.47 bits per heavy atom. The number of halogens is 2. The minimum Gasteiger partial charge on any atom is -0.376 e. The van der Waals surface area contributed by atoms with Crippen molar-refractivity contribution in [2.45, 2.75) is 13.0 Å². The van der Waals surface area contributed by atoms with Crippen LogP contribution in [-0.4, -0.2) is 26.3 Å². The van der Waals surface area contributed by atoms with Crippen molar-refractivity contribution in [3.8, 4) is 0 Å². The zero-order valence-electron chi connectivity index (χ0n) is 11.1. The lowest BCUT2D eigenvalue weighted by molar-refractivity contribution is 0.155. The average molecular weight is 270 g/mol. The van der Waals surface area contributed by atoms with Gasteiger partial charge >= 0.3 is 0 Å². The molecule has 0 saturated carbocycles. The second-order valence-corrected chi connectivity index (χ2v) is 4.42. The van der Waals surface area contributed by atoms with E-state index >= 15 is 0 Å². The summed E-state index contributed by atoms with van der Waals surface area (Å²) in [6.45, 7) is 7.34. The van der Waals surface area contributed by atoms with Gasteiger partial charge in [-0.3, -0.25) is 0 Å². The maximum atomic E-state index is 13.6. The highest BCUT2D eigenvalue weighted by molar-refractivity contribution is 5.22. The van der Waals surface area contributed by atoms with E-state index in [1.165, 1.54) is 12.1 Å². The van der Waals surface area contributed by atoms with Crippen LogP contribution in [0.3, 0.4) is 0 Å². The van der Waals surface area contributed by atoms with Gasteiger partial charge in [0.2, 0.25) is 0 Å². The van der Waals surface area contributed by atoms with Gasteiger partial charge in [0, 0.05) is 30.8 Å². The Balaban J connectivity index is 2.47. The van der Waals surface area contributed by atoms with Crippen LogP contribution < -0.4 is 11.1 Å². The number of hydrogen-bond acceptors (Lipinski definition) is 3. The average Bonchev–Trinajstić information content (AvgIpc) is 2.34. The molecule has 5 heteroatoms. The van der Waals surface area contributed by atoms with Gasteiger partial charge in [-0.05, 0) is 13.0 Å². The van der Waals surface area contributed by atoms with Gasteiger partial charge in [0.15, 0.2) is 0 Å². The van der Waals surface area contributed by atoms with Crippen LogP contribution in [0.1, 0.15) is 18.5 Å². The second kappa shape index (κ2) is 7.99. The van der Waals surface area contributed by atoms with Crippen molar-refractivity contribution >= 4 is 0 Å². The molecular formula is C14H20F2N2O. The first-order valence-electron chi connectivity index (χ1n) is 6.15. The third kappa shape index (κ3) is 5.46. The van der Waals surface area contributed by atoms with E-state index in [-0.39, 0.29) is 12.6 Å². The van der Waals surface area contributed by atoms with Crippen LogP contribution >= 0.6 is 0 Å². The predicted octanol–water partition coefficient (Wildman–Crippen LogP) is 2.15. The Bertz CT molecular complexity index is 424. The molecular weight excluding hydrogens is 250 g/mol. The van der Waals surface area contributed by atoms with Gasteiger partial charge in [-0.2, -0.15) is 0 Å². The van der Waals surface area contributed by atoms with Crippen LogP contribution in [-0.2, 0) is 4.74 Å². The fraction of sp³-hybridized carbons (Fsp3) is 0.429. The van der Waals surface area contributed by atoms with Crippen molar-refractivity contribution in [2.24, 2.45) is 5.73 Å². The van der Waals surface area contributed by atoms with E-state index in [9.17, 15) is 8.78 Å². The molecule has 0 aliphatic rings. The van der Waals surface area contributed by atoms with Crippen LogP contribution in [0, 0.1) is 11.6 Å². The van der Waals surface area contributed by atoms with E-state index in [4.69, 9.17) is 10.5 Å². The van der Waals surface area contributed by atoms with Gasteiger partial charge in [-0.1, -0.05) is 18.2 Å². The molecule has 106 valence electrons. The van der Waals surface area contributed by atoms with Crippen LogP contribution in [0.25, 0.3) is 0 Å². The molecule has 1 aromatic rings. The fourth-order valence-electron chi connectivity index (χ4n) is 1.66. The molecule has 3 N–H and O–H groups in total. The van der Waals surface area contributed by atoms with Crippen LogP contribution in [0.5, 0.6) is 0 Å². The van der Waals surface area contributed by atoms with Gasteiger partial charge in [0.25, 0.3) is 0 Å². The van der Waals surface area contributed by atoms with E-state index in [1.54, 1.807) is 0 Å². The molecule has 0 heterocycles. The first-order chi connectivity index (χ1) is 9.04. The largest absolute Gasteiger partial charge is 0.376 e. The summed E-state index contributed by atoms with van der Waals surface area (Å²) in [4.78, 5) is 0. The summed E-state index contributed by atoms with van der Waals surface area (Å²) in [5.74, 6) is -1.19.